The lowest BCUT2D eigenvalue weighted by atomic mass is 10.2. The molecule has 4 atom stereocenters. The summed E-state index contributed by atoms with van der Waals surface area (Å²) in [5.74, 6) is -3.22. The second kappa shape index (κ2) is 11.1. The van der Waals surface area contributed by atoms with Crippen LogP contribution in [0.4, 0.5) is 4.79 Å². The van der Waals surface area contributed by atoms with E-state index >= 15 is 0 Å². The van der Waals surface area contributed by atoms with Crippen molar-refractivity contribution in [1.29, 1.82) is 0 Å². The first-order valence-electron chi connectivity index (χ1n) is 7.23. The average Bonchev–Trinajstić information content (AvgIpc) is 2.50. The number of hydrazine groups is 1. The predicted molar refractivity (Wildman–Crippen MR) is 83.6 cm³/mol. The topological polar surface area (TPSA) is 229 Å². The molecule has 4 amide bonds. The number of carboxylic acids is 1. The molecule has 144 valence electrons. The fraction of sp³-hybridized carbons (Fsp3) is 0.667. The van der Waals surface area contributed by atoms with Gasteiger partial charge in [-0.2, -0.15) is 0 Å². The minimum absolute atomic E-state index is 0.00446. The maximum absolute atomic E-state index is 12.0. The number of urea groups is 1. The number of amides is 4. The van der Waals surface area contributed by atoms with E-state index in [-0.39, 0.29) is 6.54 Å². The van der Waals surface area contributed by atoms with E-state index < -0.39 is 61.1 Å². The van der Waals surface area contributed by atoms with Crippen LogP contribution in [0.2, 0.25) is 0 Å². The molecule has 0 aliphatic heterocycles. The number of aliphatic hydroxyl groups excluding tert-OH is 2. The molecule has 0 spiro atoms. The van der Waals surface area contributed by atoms with Crippen molar-refractivity contribution < 1.29 is 34.5 Å². The van der Waals surface area contributed by atoms with Gasteiger partial charge in [-0.25, -0.2) is 15.0 Å². The van der Waals surface area contributed by atoms with Gasteiger partial charge in [0, 0.05) is 12.6 Å². The molecule has 0 rings (SSSR count). The van der Waals surface area contributed by atoms with Crippen LogP contribution in [0.1, 0.15) is 13.3 Å². The van der Waals surface area contributed by atoms with Gasteiger partial charge in [0.1, 0.15) is 6.04 Å². The lowest BCUT2D eigenvalue weighted by Gasteiger charge is -2.20. The second-order valence-electron chi connectivity index (χ2n) is 5.19. The highest BCUT2D eigenvalue weighted by Gasteiger charge is 2.25. The Hall–Kier alpha value is -2.48. The summed E-state index contributed by atoms with van der Waals surface area (Å²) in [4.78, 5) is 45.4. The number of carboxylic acid groups (broad SMARTS) is 1. The number of hydrogen-bond acceptors (Lipinski definition) is 8. The molecule has 0 aromatic carbocycles. The van der Waals surface area contributed by atoms with E-state index in [9.17, 15) is 24.3 Å². The second-order valence-corrected chi connectivity index (χ2v) is 5.19. The molecule has 13 heteroatoms. The van der Waals surface area contributed by atoms with Gasteiger partial charge in [0.25, 0.3) is 5.91 Å². The van der Waals surface area contributed by atoms with E-state index in [2.05, 4.69) is 16.2 Å². The van der Waals surface area contributed by atoms with Crippen LogP contribution in [0.25, 0.3) is 0 Å². The number of aliphatic hydroxyl groups is 2. The highest BCUT2D eigenvalue weighted by atomic mass is 16.4. The first-order chi connectivity index (χ1) is 11.6. The highest BCUT2D eigenvalue weighted by Crippen LogP contribution is 1.93. The van der Waals surface area contributed by atoms with Gasteiger partial charge in [0.05, 0.1) is 19.1 Å². The third kappa shape index (κ3) is 9.41. The Morgan fingerprint density at radius 2 is 1.68 bits per heavy atom. The Labute approximate surface area is 143 Å². The van der Waals surface area contributed by atoms with E-state index in [1.807, 2.05) is 5.32 Å². The van der Waals surface area contributed by atoms with Crippen LogP contribution < -0.4 is 33.0 Å². The van der Waals surface area contributed by atoms with Crippen molar-refractivity contribution in [3.8, 4) is 0 Å². The van der Waals surface area contributed by atoms with Crippen LogP contribution in [0.15, 0.2) is 0 Å². The van der Waals surface area contributed by atoms with Crippen LogP contribution in [0.3, 0.4) is 0 Å². The summed E-state index contributed by atoms with van der Waals surface area (Å²) in [5, 5.41) is 30.7. The molecule has 0 fully saturated rings. The lowest BCUT2D eigenvalue weighted by molar-refractivity contribution is -0.140. The maximum atomic E-state index is 12.0. The monoisotopic (exact) mass is 364 g/mol. The molecule has 13 nitrogen and oxygen atoms in total. The van der Waals surface area contributed by atoms with Crippen molar-refractivity contribution in [2.75, 3.05) is 13.2 Å². The van der Waals surface area contributed by atoms with Crippen LogP contribution >= 0.6 is 0 Å². The first kappa shape index (κ1) is 22.5. The van der Waals surface area contributed by atoms with Crippen LogP contribution in [-0.2, 0) is 14.4 Å². The quantitative estimate of drug-likeness (QED) is 0.160. The van der Waals surface area contributed by atoms with E-state index in [0.29, 0.717) is 0 Å². The summed E-state index contributed by atoms with van der Waals surface area (Å²) >= 11 is 0. The third-order valence-electron chi connectivity index (χ3n) is 2.98. The molecule has 0 aromatic heterocycles. The van der Waals surface area contributed by atoms with Crippen LogP contribution in [-0.4, -0.2) is 76.5 Å². The molecular weight excluding hydrogens is 340 g/mol. The zero-order chi connectivity index (χ0) is 19.6. The van der Waals surface area contributed by atoms with Gasteiger partial charge in [-0.3, -0.25) is 15.0 Å². The molecule has 0 heterocycles. The Morgan fingerprint density at radius 1 is 1.12 bits per heavy atom. The molecule has 0 aliphatic carbocycles. The van der Waals surface area contributed by atoms with Gasteiger partial charge >= 0.3 is 12.0 Å². The Kier molecular flexibility index (Phi) is 10.0. The number of hydrogen-bond donors (Lipinski definition) is 9. The summed E-state index contributed by atoms with van der Waals surface area (Å²) in [6.45, 7) is 0.592. The largest absolute Gasteiger partial charge is 0.480 e. The number of carbonyl (C=O) groups excluding carboxylic acids is 3. The highest BCUT2D eigenvalue weighted by molar-refractivity contribution is 5.92. The number of primary amides is 1. The Morgan fingerprint density at radius 3 is 2.12 bits per heavy atom. The number of nitrogens with one attached hydrogen (secondary N) is 4. The van der Waals surface area contributed by atoms with Gasteiger partial charge in [0.2, 0.25) is 5.91 Å². The predicted octanol–water partition coefficient (Wildman–Crippen LogP) is -4.70. The molecular formula is C12H24N6O7. The molecule has 0 bridgehead atoms. The number of carbonyl (C=O) groups is 4. The normalized spacial score (nSPS) is 15.4. The van der Waals surface area contributed by atoms with Crippen LogP contribution in [0, 0.1) is 0 Å². The van der Waals surface area contributed by atoms with E-state index in [4.69, 9.17) is 21.7 Å². The summed E-state index contributed by atoms with van der Waals surface area (Å²) < 4.78 is 0. The first-order valence-corrected chi connectivity index (χ1v) is 7.23. The van der Waals surface area contributed by atoms with Crippen molar-refractivity contribution in [1.82, 2.24) is 21.5 Å². The number of rotatable bonds is 11. The standard InChI is InChI=1S/C12H24N6O7/c1-5(20)6(13)3-15-18-10(22)7(2-9(14)21)16-12(25)17-8(4-19)11(23)24/h5-8,15,19-20H,2-4,13H2,1H3,(H2,14,21)(H,18,22)(H,23,24)(H2,16,17,25). The Bertz CT molecular complexity index is 487. The fourth-order valence-electron chi connectivity index (χ4n) is 1.47. The maximum Gasteiger partial charge on any atom is 0.328 e. The zero-order valence-corrected chi connectivity index (χ0v) is 13.6. The fourth-order valence-corrected chi connectivity index (χ4v) is 1.47. The van der Waals surface area contributed by atoms with Crippen molar-refractivity contribution in [3.63, 3.8) is 0 Å². The molecule has 4 unspecified atom stereocenters. The molecule has 0 aliphatic rings. The molecule has 0 radical (unpaired) electrons. The molecule has 0 saturated carbocycles. The number of nitrogens with two attached hydrogens (primary N) is 2. The van der Waals surface area contributed by atoms with E-state index in [1.54, 1.807) is 0 Å². The summed E-state index contributed by atoms with van der Waals surface area (Å²) in [7, 11) is 0. The average molecular weight is 364 g/mol. The minimum atomic E-state index is -1.58. The van der Waals surface area contributed by atoms with Crippen molar-refractivity contribution in [2.45, 2.75) is 37.6 Å². The minimum Gasteiger partial charge on any atom is -0.480 e. The molecule has 25 heavy (non-hydrogen) atoms. The summed E-state index contributed by atoms with van der Waals surface area (Å²) in [6, 6.07) is -4.75. The van der Waals surface area contributed by atoms with Crippen molar-refractivity contribution in [3.05, 3.63) is 0 Å². The third-order valence-corrected chi connectivity index (χ3v) is 2.98. The molecule has 0 aromatic rings. The van der Waals surface area contributed by atoms with E-state index in [0.717, 1.165) is 0 Å². The van der Waals surface area contributed by atoms with E-state index in [1.165, 1.54) is 6.92 Å². The van der Waals surface area contributed by atoms with Gasteiger partial charge in [-0.05, 0) is 6.92 Å². The SMILES string of the molecule is CC(O)C(N)CNNC(=O)C(CC(N)=O)NC(=O)NC(CO)C(=O)O. The lowest BCUT2D eigenvalue weighted by Crippen LogP contribution is -2.57. The summed E-state index contributed by atoms with van der Waals surface area (Å²) in [6.07, 6.45) is -1.39. The van der Waals surface area contributed by atoms with Gasteiger partial charge in [0.15, 0.2) is 6.04 Å². The zero-order valence-electron chi connectivity index (χ0n) is 13.6. The summed E-state index contributed by atoms with van der Waals surface area (Å²) in [5.41, 5.74) is 15.1. The number of aliphatic carboxylic acids is 1. The molecule has 0 saturated heterocycles. The van der Waals surface area contributed by atoms with Crippen molar-refractivity contribution >= 4 is 23.8 Å². The Balaban J connectivity index is 4.66. The van der Waals surface area contributed by atoms with Gasteiger partial charge in [-0.15, -0.1) is 0 Å². The van der Waals surface area contributed by atoms with Gasteiger partial charge in [-0.1, -0.05) is 0 Å². The van der Waals surface area contributed by atoms with Gasteiger partial charge < -0.3 is 37.4 Å². The van der Waals surface area contributed by atoms with Crippen LogP contribution in [0.5, 0.6) is 0 Å². The molecule has 11 N–H and O–H groups in total. The van der Waals surface area contributed by atoms with Crippen molar-refractivity contribution in [2.24, 2.45) is 11.5 Å². The smallest absolute Gasteiger partial charge is 0.328 e.